The van der Waals surface area contributed by atoms with Gasteiger partial charge in [0, 0.05) is 37.4 Å². The van der Waals surface area contributed by atoms with Crippen molar-refractivity contribution in [2.24, 2.45) is 5.41 Å². The first-order chi connectivity index (χ1) is 34.1. The number of unbranched alkanes of at least 4 members (excludes halogenated alkanes) is 1. The lowest BCUT2D eigenvalue weighted by atomic mass is 9.85. The highest BCUT2D eigenvalue weighted by Crippen LogP contribution is 2.40. The van der Waals surface area contributed by atoms with Crippen LogP contribution in [0.15, 0.2) is 102 Å². The van der Waals surface area contributed by atoms with E-state index in [1.165, 1.54) is 17.4 Å². The number of nitriles is 1. The molecule has 3 atom stereocenters. The van der Waals surface area contributed by atoms with Gasteiger partial charge in [-0.05, 0) is 103 Å². The van der Waals surface area contributed by atoms with Gasteiger partial charge in [0.15, 0.2) is 22.4 Å². The number of amides is 4. The van der Waals surface area contributed by atoms with Gasteiger partial charge in [-0.25, -0.2) is 4.98 Å². The average molecular weight is 1030 g/mol. The van der Waals surface area contributed by atoms with E-state index < -0.39 is 70.1 Å². The molecule has 20 heteroatoms. The Bertz CT molecular complexity index is 2850. The van der Waals surface area contributed by atoms with Crippen LogP contribution in [-0.4, -0.2) is 93.8 Å². The molecular formula is C52H53ClF3N7O8S. The largest absolute Gasteiger partial charge is 0.494 e. The summed E-state index contributed by atoms with van der Waals surface area (Å²) in [5.41, 5.74) is 0.0250. The molecule has 3 heterocycles. The zero-order valence-electron chi connectivity index (χ0n) is 40.1. The van der Waals surface area contributed by atoms with Crippen LogP contribution in [0.25, 0.3) is 22.5 Å². The van der Waals surface area contributed by atoms with E-state index in [9.17, 15) is 42.7 Å². The molecule has 0 spiro atoms. The SMILES string of the molecule is CC(C)(C)[C@H](NC(=O)COCCCCOc1ccc(-c2ccc(N3C(=S)N(c4ccc(C#N)c(C(F)(F)F)c4)C(=O)C3(C)C)cc2)cc1)C(=O)N1C[C@H](O)C[C@H]1C(=O)NCc1ccc(-c2ocnc2Cl)cc1. The lowest BCUT2D eigenvalue weighted by Gasteiger charge is -2.35. The number of anilines is 2. The number of ether oxygens (including phenoxy) is 2. The molecule has 0 aliphatic carbocycles. The number of thiocarbonyl (C=S) groups is 1. The summed E-state index contributed by atoms with van der Waals surface area (Å²) in [7, 11) is 0. The minimum atomic E-state index is -4.81. The fraction of sp³-hybridized carbons (Fsp3) is 0.365. The number of aliphatic hydroxyl groups is 1. The zero-order chi connectivity index (χ0) is 52.1. The van der Waals surface area contributed by atoms with E-state index in [-0.39, 0.29) is 48.7 Å². The standard InChI is InChI=1S/C52H53ClF3N7O8S/c1-50(2,3)44(47(67)61-28-38(64)25-41(61)46(66)58-27-31-8-10-34(11-9-31)43-45(53)59-30-71-43)60-42(65)29-69-22-6-7-23-70-39-20-15-33(16-21-39)32-12-17-36(18-13-32)63-49(72)62(48(68)51(63,4)5)37-19-14-35(26-57)40(24-37)52(54,55)56/h8-21,24,30,38,41,44,64H,6-7,22-23,25,27-29H2,1-5H3,(H,58,66)(H,60,65)/t38-,41+,44-/m1/s1. The van der Waals surface area contributed by atoms with Gasteiger partial charge in [0.05, 0.1) is 35.6 Å². The molecule has 0 unspecified atom stereocenters. The summed E-state index contributed by atoms with van der Waals surface area (Å²) in [5.74, 6) is -0.867. The van der Waals surface area contributed by atoms with Crippen LogP contribution in [0.4, 0.5) is 24.5 Å². The van der Waals surface area contributed by atoms with Gasteiger partial charge in [-0.2, -0.15) is 18.4 Å². The summed E-state index contributed by atoms with van der Waals surface area (Å²) in [5, 5.41) is 25.7. The third-order valence-corrected chi connectivity index (χ3v) is 13.0. The van der Waals surface area contributed by atoms with Crippen molar-refractivity contribution in [3.05, 3.63) is 119 Å². The number of halogens is 4. The number of nitrogens with one attached hydrogen (secondary N) is 2. The Morgan fingerprint density at radius 2 is 1.58 bits per heavy atom. The fourth-order valence-corrected chi connectivity index (χ4v) is 9.21. The van der Waals surface area contributed by atoms with E-state index in [0.717, 1.165) is 39.3 Å². The molecule has 0 saturated carbocycles. The molecule has 3 N–H and O–H groups in total. The Morgan fingerprint density at radius 3 is 2.19 bits per heavy atom. The van der Waals surface area contributed by atoms with Crippen LogP contribution >= 0.6 is 23.8 Å². The molecule has 7 rings (SSSR count). The van der Waals surface area contributed by atoms with Gasteiger partial charge in [-0.1, -0.05) is 80.9 Å². The number of β-amino-alcohol motifs (C(OH)–C–C–N with tert-alkyl or cyclic N) is 1. The van der Waals surface area contributed by atoms with Crippen molar-refractivity contribution in [2.75, 3.05) is 36.2 Å². The van der Waals surface area contributed by atoms with Gasteiger partial charge < -0.3 is 39.4 Å². The van der Waals surface area contributed by atoms with E-state index in [0.29, 0.717) is 36.6 Å². The monoisotopic (exact) mass is 1030 g/mol. The van der Waals surface area contributed by atoms with E-state index >= 15 is 0 Å². The molecule has 2 aliphatic rings. The van der Waals surface area contributed by atoms with Crippen molar-refractivity contribution in [3.8, 4) is 34.3 Å². The van der Waals surface area contributed by atoms with E-state index in [1.807, 2.05) is 36.4 Å². The minimum Gasteiger partial charge on any atom is -0.494 e. The Hall–Kier alpha value is -6.85. The van der Waals surface area contributed by atoms with E-state index in [2.05, 4.69) is 15.6 Å². The summed E-state index contributed by atoms with van der Waals surface area (Å²) in [6.07, 6.45) is -3.21. The highest BCUT2D eigenvalue weighted by Gasteiger charge is 2.51. The number of hydrogen-bond donors (Lipinski definition) is 3. The molecule has 15 nitrogen and oxygen atoms in total. The molecule has 2 fully saturated rings. The van der Waals surface area contributed by atoms with Gasteiger partial charge in [0.25, 0.3) is 5.91 Å². The number of carbonyl (C=O) groups is 4. The van der Waals surface area contributed by atoms with E-state index in [4.69, 9.17) is 37.7 Å². The topological polar surface area (TPSA) is 191 Å². The highest BCUT2D eigenvalue weighted by atomic mass is 35.5. The quantitative estimate of drug-likeness (QED) is 0.0596. The maximum atomic E-state index is 14.0. The minimum absolute atomic E-state index is 0.000609. The summed E-state index contributed by atoms with van der Waals surface area (Å²) >= 11 is 11.7. The van der Waals surface area contributed by atoms with Gasteiger partial charge >= 0.3 is 6.18 Å². The molecule has 4 amide bonds. The molecule has 72 heavy (non-hydrogen) atoms. The van der Waals surface area contributed by atoms with Gasteiger partial charge in [-0.3, -0.25) is 24.1 Å². The summed E-state index contributed by atoms with van der Waals surface area (Å²) in [6, 6.07) is 24.6. The van der Waals surface area contributed by atoms with Crippen LogP contribution in [-0.2, 0) is 36.6 Å². The number of nitrogens with zero attached hydrogens (tertiary/aromatic N) is 5. The number of aromatic nitrogens is 1. The second-order valence-corrected chi connectivity index (χ2v) is 19.7. The predicted molar refractivity (Wildman–Crippen MR) is 267 cm³/mol. The molecule has 0 radical (unpaired) electrons. The molecule has 0 bridgehead atoms. The van der Waals surface area contributed by atoms with Crippen LogP contribution in [0, 0.1) is 16.7 Å². The number of oxazole rings is 1. The van der Waals surface area contributed by atoms with Crippen LogP contribution < -0.4 is 25.2 Å². The van der Waals surface area contributed by atoms with E-state index in [1.54, 1.807) is 82.0 Å². The number of hydrogen-bond acceptors (Lipinski definition) is 11. The Kier molecular flexibility index (Phi) is 16.1. The first-order valence-corrected chi connectivity index (χ1v) is 23.8. The number of carbonyl (C=O) groups excluding carboxylic acids is 4. The number of likely N-dealkylation sites (tertiary alicyclic amines) is 1. The van der Waals surface area contributed by atoms with Gasteiger partial charge in [0.1, 0.15) is 30.0 Å². The molecule has 2 aliphatic heterocycles. The van der Waals surface area contributed by atoms with Crippen molar-refractivity contribution < 1.29 is 51.3 Å². The third-order valence-electron chi connectivity index (χ3n) is 12.3. The molecule has 378 valence electrons. The first kappa shape index (κ1) is 53.0. The highest BCUT2D eigenvalue weighted by molar-refractivity contribution is 7.81. The molecule has 5 aromatic rings. The van der Waals surface area contributed by atoms with Crippen LogP contribution in [0.3, 0.4) is 0 Å². The van der Waals surface area contributed by atoms with Gasteiger partial charge in [0.2, 0.25) is 17.7 Å². The Labute approximate surface area is 424 Å². The van der Waals surface area contributed by atoms with Crippen LogP contribution in [0.5, 0.6) is 5.75 Å². The molecule has 4 aromatic carbocycles. The summed E-state index contributed by atoms with van der Waals surface area (Å²) < 4.78 is 58.2. The summed E-state index contributed by atoms with van der Waals surface area (Å²) in [6.45, 7) is 9.14. The first-order valence-electron chi connectivity index (χ1n) is 23.0. The average Bonchev–Trinajstić information content (AvgIpc) is 4.01. The normalized spacial score (nSPS) is 17.2. The Morgan fingerprint density at radius 1 is 0.958 bits per heavy atom. The van der Waals surface area contributed by atoms with Crippen LogP contribution in [0.1, 0.15) is 70.6 Å². The fourth-order valence-electron chi connectivity index (χ4n) is 8.49. The smallest absolute Gasteiger partial charge is 0.417 e. The maximum absolute atomic E-state index is 14.0. The van der Waals surface area contributed by atoms with Crippen molar-refractivity contribution in [1.29, 1.82) is 5.26 Å². The second-order valence-electron chi connectivity index (χ2n) is 19.0. The molecule has 2 saturated heterocycles. The Balaban J connectivity index is 0.841. The van der Waals surface area contributed by atoms with Crippen molar-refractivity contribution in [1.82, 2.24) is 20.5 Å². The summed E-state index contributed by atoms with van der Waals surface area (Å²) in [4.78, 5) is 62.0. The van der Waals surface area contributed by atoms with Crippen molar-refractivity contribution in [2.45, 2.75) is 90.3 Å². The number of alkyl halides is 3. The van der Waals surface area contributed by atoms with Crippen molar-refractivity contribution in [3.63, 3.8) is 0 Å². The number of aliphatic hydroxyl groups excluding tert-OH is 1. The maximum Gasteiger partial charge on any atom is 0.417 e. The van der Waals surface area contributed by atoms with Crippen molar-refractivity contribution >= 4 is 63.9 Å². The lowest BCUT2D eigenvalue weighted by molar-refractivity contribution is -0.144. The zero-order valence-corrected chi connectivity index (χ0v) is 41.7. The molecule has 1 aromatic heterocycles. The van der Waals surface area contributed by atoms with Crippen LogP contribution in [0.2, 0.25) is 5.15 Å². The lowest BCUT2D eigenvalue weighted by Crippen LogP contribution is -2.58. The molecular weight excluding hydrogens is 975 g/mol. The number of benzene rings is 4. The van der Waals surface area contributed by atoms with Gasteiger partial charge in [-0.15, -0.1) is 0 Å². The number of rotatable bonds is 17. The second kappa shape index (κ2) is 21.9. The predicted octanol–water partition coefficient (Wildman–Crippen LogP) is 8.45. The third kappa shape index (κ3) is 11.9.